The van der Waals surface area contributed by atoms with Gasteiger partial charge in [0.2, 0.25) is 0 Å². The predicted octanol–water partition coefficient (Wildman–Crippen LogP) is 2.50. The first-order valence-corrected chi connectivity index (χ1v) is 4.87. The van der Waals surface area contributed by atoms with Crippen LogP contribution in [0.4, 0.5) is 8.78 Å². The summed E-state index contributed by atoms with van der Waals surface area (Å²) < 4.78 is 27.1. The van der Waals surface area contributed by atoms with Gasteiger partial charge in [0.05, 0.1) is 0 Å². The van der Waals surface area contributed by atoms with E-state index in [1.807, 2.05) is 0 Å². The Morgan fingerprint density at radius 3 is 2.54 bits per heavy atom. The number of hydrogen-bond acceptors (Lipinski definition) is 1. The molecule has 2 aliphatic carbocycles. The fourth-order valence-electron chi connectivity index (χ4n) is 2.80. The lowest BCUT2D eigenvalue weighted by molar-refractivity contribution is -0.202. The van der Waals surface area contributed by atoms with Gasteiger partial charge in [0.1, 0.15) is 5.78 Å². The molecule has 0 aromatic carbocycles. The molecule has 0 bridgehead atoms. The first kappa shape index (κ1) is 9.10. The van der Waals surface area contributed by atoms with Gasteiger partial charge in [-0.25, -0.2) is 8.78 Å². The lowest BCUT2D eigenvalue weighted by atomic mass is 9.54. The molecule has 0 aromatic rings. The summed E-state index contributed by atoms with van der Waals surface area (Å²) in [7, 11) is 0. The third-order valence-corrected chi connectivity index (χ3v) is 3.80. The quantitative estimate of drug-likeness (QED) is 0.570. The Kier molecular flexibility index (Phi) is 1.76. The smallest absolute Gasteiger partial charge is 0.254 e. The second kappa shape index (κ2) is 2.52. The van der Waals surface area contributed by atoms with Gasteiger partial charge in [0.25, 0.3) is 5.92 Å². The maximum Gasteiger partial charge on any atom is 0.254 e. The number of Topliss-reactive ketones (excluding diaryl/α,β-unsaturated/α-hetero) is 1. The summed E-state index contributed by atoms with van der Waals surface area (Å²) in [5.74, 6) is -4.52. The lowest BCUT2D eigenvalue weighted by Gasteiger charge is -2.51. The van der Waals surface area contributed by atoms with E-state index in [9.17, 15) is 13.6 Å². The zero-order chi connectivity index (χ0) is 9.80. The van der Waals surface area contributed by atoms with Crippen LogP contribution in [0.15, 0.2) is 0 Å². The van der Waals surface area contributed by atoms with Crippen LogP contribution in [0.5, 0.6) is 0 Å². The van der Waals surface area contributed by atoms with Gasteiger partial charge in [0.15, 0.2) is 0 Å². The zero-order valence-electron chi connectivity index (χ0n) is 7.89. The minimum atomic E-state index is -2.61. The average Bonchev–Trinajstić information content (AvgIpc) is 2.08. The van der Waals surface area contributed by atoms with Crippen molar-refractivity contribution in [2.24, 2.45) is 23.7 Å². The average molecular weight is 188 g/mol. The number of carbonyl (C=O) groups is 1. The van der Waals surface area contributed by atoms with E-state index >= 15 is 0 Å². The van der Waals surface area contributed by atoms with Crippen LogP contribution in [0.25, 0.3) is 0 Å². The summed E-state index contributed by atoms with van der Waals surface area (Å²) in [6.45, 7) is 3.22. The molecular weight excluding hydrogens is 174 g/mol. The van der Waals surface area contributed by atoms with Crippen LogP contribution >= 0.6 is 0 Å². The van der Waals surface area contributed by atoms with E-state index in [1.165, 1.54) is 0 Å². The topological polar surface area (TPSA) is 17.1 Å². The van der Waals surface area contributed by atoms with Crippen molar-refractivity contribution in [2.45, 2.75) is 32.6 Å². The number of halogens is 2. The van der Waals surface area contributed by atoms with Crippen molar-refractivity contribution < 1.29 is 13.6 Å². The van der Waals surface area contributed by atoms with Gasteiger partial charge in [-0.05, 0) is 12.8 Å². The Hall–Kier alpha value is -0.470. The number of hydrogen-bond donors (Lipinski definition) is 0. The first-order valence-electron chi connectivity index (χ1n) is 4.87. The van der Waals surface area contributed by atoms with Crippen molar-refractivity contribution in [3.63, 3.8) is 0 Å². The zero-order valence-corrected chi connectivity index (χ0v) is 7.89. The largest absolute Gasteiger partial charge is 0.299 e. The highest BCUT2D eigenvalue weighted by Crippen LogP contribution is 2.55. The van der Waals surface area contributed by atoms with Crippen LogP contribution < -0.4 is 0 Å². The van der Waals surface area contributed by atoms with E-state index in [4.69, 9.17) is 0 Å². The molecule has 0 aliphatic heterocycles. The SMILES string of the molecule is C[C@@H]1CC[C@@H]2C(=O)[C@H](C)[C@@H]2C1(F)F. The Bertz CT molecular complexity index is 249. The molecule has 2 aliphatic rings. The molecule has 3 heteroatoms. The Morgan fingerprint density at radius 1 is 1.31 bits per heavy atom. The van der Waals surface area contributed by atoms with Crippen LogP contribution in [0.2, 0.25) is 0 Å². The van der Waals surface area contributed by atoms with Crippen LogP contribution in [-0.2, 0) is 4.79 Å². The van der Waals surface area contributed by atoms with Crippen molar-refractivity contribution in [1.29, 1.82) is 0 Å². The lowest BCUT2D eigenvalue weighted by Crippen LogP contribution is -2.59. The molecule has 2 saturated carbocycles. The molecule has 1 nitrogen and oxygen atoms in total. The number of ketones is 1. The molecule has 13 heavy (non-hydrogen) atoms. The molecule has 0 unspecified atom stereocenters. The van der Waals surface area contributed by atoms with Gasteiger partial charge in [-0.2, -0.15) is 0 Å². The van der Waals surface area contributed by atoms with E-state index in [2.05, 4.69) is 0 Å². The first-order chi connectivity index (χ1) is 5.96. The molecule has 0 N–H and O–H groups in total. The third kappa shape index (κ3) is 0.990. The monoisotopic (exact) mass is 188 g/mol. The number of fused-ring (bicyclic) bond motifs is 1. The Balaban J connectivity index is 2.24. The van der Waals surface area contributed by atoms with Gasteiger partial charge < -0.3 is 0 Å². The molecule has 2 fully saturated rings. The van der Waals surface area contributed by atoms with Crippen molar-refractivity contribution in [3.05, 3.63) is 0 Å². The summed E-state index contributed by atoms with van der Waals surface area (Å²) >= 11 is 0. The van der Waals surface area contributed by atoms with E-state index in [0.717, 1.165) is 0 Å². The number of rotatable bonds is 0. The maximum atomic E-state index is 13.6. The van der Waals surface area contributed by atoms with Crippen LogP contribution in [-0.4, -0.2) is 11.7 Å². The highest BCUT2D eigenvalue weighted by molar-refractivity contribution is 5.90. The van der Waals surface area contributed by atoms with Gasteiger partial charge in [-0.3, -0.25) is 4.79 Å². The van der Waals surface area contributed by atoms with Crippen molar-refractivity contribution in [3.8, 4) is 0 Å². The van der Waals surface area contributed by atoms with Crippen molar-refractivity contribution >= 4 is 5.78 Å². The second-order valence-electron chi connectivity index (χ2n) is 4.48. The molecule has 0 amide bonds. The fraction of sp³-hybridized carbons (Fsp3) is 0.900. The molecule has 0 saturated heterocycles. The fourth-order valence-corrected chi connectivity index (χ4v) is 2.80. The molecule has 0 aromatic heterocycles. The van der Waals surface area contributed by atoms with E-state index < -0.39 is 23.7 Å². The summed E-state index contributed by atoms with van der Waals surface area (Å²) in [5, 5.41) is 0. The Labute approximate surface area is 76.5 Å². The molecule has 0 heterocycles. The Morgan fingerprint density at radius 2 is 1.92 bits per heavy atom. The number of alkyl halides is 2. The molecule has 74 valence electrons. The molecule has 2 rings (SSSR count). The van der Waals surface area contributed by atoms with Crippen molar-refractivity contribution in [1.82, 2.24) is 0 Å². The summed E-state index contributed by atoms with van der Waals surface area (Å²) in [5.41, 5.74) is 0. The highest BCUT2D eigenvalue weighted by atomic mass is 19.3. The van der Waals surface area contributed by atoms with Crippen LogP contribution in [0, 0.1) is 23.7 Å². The van der Waals surface area contributed by atoms with Crippen molar-refractivity contribution in [2.75, 3.05) is 0 Å². The molecule has 0 spiro atoms. The van der Waals surface area contributed by atoms with E-state index in [0.29, 0.717) is 12.8 Å². The number of carbonyl (C=O) groups excluding carboxylic acids is 1. The van der Waals surface area contributed by atoms with E-state index in [-0.39, 0.29) is 11.7 Å². The van der Waals surface area contributed by atoms with E-state index in [1.54, 1.807) is 13.8 Å². The van der Waals surface area contributed by atoms with Crippen LogP contribution in [0.1, 0.15) is 26.7 Å². The standard InChI is InChI=1S/C10H14F2O/c1-5-3-4-7-8(10(5,11)12)6(2)9(7)13/h5-8H,3-4H2,1-2H3/t5-,6-,7+,8+/m1/s1. The molecular formula is C10H14F2O. The summed E-state index contributed by atoms with van der Waals surface area (Å²) in [4.78, 5) is 11.3. The minimum absolute atomic E-state index is 0.0524. The molecule has 0 radical (unpaired) electrons. The van der Waals surface area contributed by atoms with Gasteiger partial charge in [0, 0.05) is 23.7 Å². The van der Waals surface area contributed by atoms with Gasteiger partial charge >= 0.3 is 0 Å². The highest BCUT2D eigenvalue weighted by Gasteiger charge is 2.63. The maximum absolute atomic E-state index is 13.6. The third-order valence-electron chi connectivity index (χ3n) is 3.80. The second-order valence-corrected chi connectivity index (χ2v) is 4.48. The van der Waals surface area contributed by atoms with Crippen LogP contribution in [0.3, 0.4) is 0 Å². The minimum Gasteiger partial charge on any atom is -0.299 e. The van der Waals surface area contributed by atoms with Gasteiger partial charge in [-0.1, -0.05) is 13.8 Å². The summed E-state index contributed by atoms with van der Waals surface area (Å²) in [6.07, 6.45) is 1.16. The molecule has 4 atom stereocenters. The normalized spacial score (nSPS) is 48.2. The summed E-state index contributed by atoms with van der Waals surface area (Å²) in [6, 6.07) is 0. The predicted molar refractivity (Wildman–Crippen MR) is 44.5 cm³/mol. The van der Waals surface area contributed by atoms with Gasteiger partial charge in [-0.15, -0.1) is 0 Å².